The summed E-state index contributed by atoms with van der Waals surface area (Å²) in [7, 11) is 1.64. The second kappa shape index (κ2) is 7.03. The number of aryl methyl sites for hydroxylation is 1. The molecule has 0 saturated carbocycles. The number of ketones is 1. The second-order valence-corrected chi connectivity index (χ2v) is 7.41. The summed E-state index contributed by atoms with van der Waals surface area (Å²) in [4.78, 5) is 25.4. The zero-order valence-electron chi connectivity index (χ0n) is 15.6. The maximum atomic E-state index is 13.1. The zero-order chi connectivity index (χ0) is 19.0. The molecule has 1 aliphatic heterocycles. The first-order valence-electron chi connectivity index (χ1n) is 9.31. The molecular formula is C23H23NO3. The first-order chi connectivity index (χ1) is 13.0. The Morgan fingerprint density at radius 3 is 2.22 bits per heavy atom. The number of rotatable bonds is 3. The fourth-order valence-corrected chi connectivity index (χ4v) is 4.16. The highest BCUT2D eigenvalue weighted by Crippen LogP contribution is 2.42. The normalized spacial score (nSPS) is 22.3. The number of amides is 1. The van der Waals surface area contributed by atoms with Crippen molar-refractivity contribution < 1.29 is 14.3 Å². The Hall–Kier alpha value is -2.88. The zero-order valence-corrected chi connectivity index (χ0v) is 15.6. The van der Waals surface area contributed by atoms with Crippen molar-refractivity contribution in [1.82, 2.24) is 5.32 Å². The van der Waals surface area contributed by atoms with Crippen LogP contribution in [0, 0.1) is 6.92 Å². The second-order valence-electron chi connectivity index (χ2n) is 7.41. The third-order valence-electron chi connectivity index (χ3n) is 5.60. The predicted molar refractivity (Wildman–Crippen MR) is 104 cm³/mol. The molecule has 1 N–H and O–H groups in total. The highest BCUT2D eigenvalue weighted by atomic mass is 16.5. The lowest BCUT2D eigenvalue weighted by atomic mass is 9.73. The summed E-state index contributed by atoms with van der Waals surface area (Å²) in [5, 5.41) is 2.98. The van der Waals surface area contributed by atoms with Crippen molar-refractivity contribution in [2.24, 2.45) is 0 Å². The van der Waals surface area contributed by atoms with Crippen LogP contribution in [0.2, 0.25) is 0 Å². The number of hydrogen-bond donors (Lipinski definition) is 1. The number of nitrogens with one attached hydrogen (secondary N) is 1. The summed E-state index contributed by atoms with van der Waals surface area (Å²) in [6.45, 7) is 2.03. The average Bonchev–Trinajstić information content (AvgIpc) is 2.67. The SMILES string of the molecule is COc1ccc([C@@H]2CC(=O)C3=C(C2)NC(=O)C[C@@H]3c2ccc(C)cc2)cc1. The summed E-state index contributed by atoms with van der Waals surface area (Å²) >= 11 is 0. The lowest BCUT2D eigenvalue weighted by Gasteiger charge is -2.34. The molecule has 0 aromatic heterocycles. The maximum Gasteiger partial charge on any atom is 0.225 e. The van der Waals surface area contributed by atoms with Gasteiger partial charge in [-0.3, -0.25) is 9.59 Å². The first kappa shape index (κ1) is 17.5. The van der Waals surface area contributed by atoms with Crippen LogP contribution in [-0.4, -0.2) is 18.8 Å². The van der Waals surface area contributed by atoms with E-state index in [0.717, 1.165) is 28.1 Å². The van der Waals surface area contributed by atoms with Gasteiger partial charge in [0.2, 0.25) is 5.91 Å². The number of methoxy groups -OCH3 is 1. The van der Waals surface area contributed by atoms with Crippen LogP contribution in [0.25, 0.3) is 0 Å². The summed E-state index contributed by atoms with van der Waals surface area (Å²) < 4.78 is 5.22. The van der Waals surface area contributed by atoms with Gasteiger partial charge < -0.3 is 10.1 Å². The minimum Gasteiger partial charge on any atom is -0.497 e. The van der Waals surface area contributed by atoms with Crippen molar-refractivity contribution in [1.29, 1.82) is 0 Å². The number of Topliss-reactive ketones (excluding diaryl/α,β-unsaturated/α-hetero) is 1. The van der Waals surface area contributed by atoms with Crippen LogP contribution in [0.15, 0.2) is 59.8 Å². The summed E-state index contributed by atoms with van der Waals surface area (Å²) in [5.74, 6) is 0.870. The highest BCUT2D eigenvalue weighted by molar-refractivity contribution is 6.02. The topological polar surface area (TPSA) is 55.4 Å². The van der Waals surface area contributed by atoms with E-state index in [1.165, 1.54) is 5.56 Å². The van der Waals surface area contributed by atoms with Crippen LogP contribution in [0.1, 0.15) is 47.8 Å². The van der Waals surface area contributed by atoms with E-state index in [9.17, 15) is 9.59 Å². The molecule has 0 unspecified atom stereocenters. The molecule has 1 amide bonds. The molecule has 4 nitrogen and oxygen atoms in total. The number of carbonyl (C=O) groups excluding carboxylic acids is 2. The van der Waals surface area contributed by atoms with Crippen LogP contribution in [0.5, 0.6) is 5.75 Å². The van der Waals surface area contributed by atoms with Crippen molar-refractivity contribution in [3.05, 3.63) is 76.5 Å². The number of benzene rings is 2. The number of carbonyl (C=O) groups is 2. The standard InChI is InChI=1S/C23H23NO3/c1-14-3-5-16(6-4-14)19-13-22(26)24-20-11-17(12-21(25)23(19)20)15-7-9-18(27-2)10-8-15/h3-10,17,19H,11-13H2,1-2H3,(H,24,26)/t17-,19+/m0/s1. The molecule has 1 heterocycles. The van der Waals surface area contributed by atoms with Crippen molar-refractivity contribution in [2.45, 2.75) is 38.0 Å². The third-order valence-corrected chi connectivity index (χ3v) is 5.60. The summed E-state index contributed by atoms with van der Waals surface area (Å²) in [6, 6.07) is 16.0. The van der Waals surface area contributed by atoms with Crippen molar-refractivity contribution in [2.75, 3.05) is 7.11 Å². The quantitative estimate of drug-likeness (QED) is 0.899. The molecule has 0 fully saturated rings. The number of ether oxygens (including phenoxy) is 1. The molecule has 0 radical (unpaired) electrons. The molecule has 2 aliphatic rings. The lowest BCUT2D eigenvalue weighted by molar-refractivity contribution is -0.122. The monoisotopic (exact) mass is 361 g/mol. The average molecular weight is 361 g/mol. The van der Waals surface area contributed by atoms with Gasteiger partial charge in [0.05, 0.1) is 7.11 Å². The molecule has 2 aromatic carbocycles. The number of allylic oxidation sites excluding steroid dienone is 2. The molecular weight excluding hydrogens is 338 g/mol. The van der Waals surface area contributed by atoms with Gasteiger partial charge in [-0.1, -0.05) is 42.0 Å². The molecule has 0 spiro atoms. The maximum absolute atomic E-state index is 13.1. The van der Waals surface area contributed by atoms with Crippen molar-refractivity contribution >= 4 is 11.7 Å². The van der Waals surface area contributed by atoms with Crippen molar-refractivity contribution in [3.63, 3.8) is 0 Å². The van der Waals surface area contributed by atoms with Crippen LogP contribution in [0.4, 0.5) is 0 Å². The molecule has 0 bridgehead atoms. The van der Waals surface area contributed by atoms with E-state index in [2.05, 4.69) is 5.32 Å². The van der Waals surface area contributed by atoms with E-state index in [1.54, 1.807) is 7.11 Å². The summed E-state index contributed by atoms with van der Waals surface area (Å²) in [5.41, 5.74) is 4.90. The number of hydrogen-bond acceptors (Lipinski definition) is 3. The Morgan fingerprint density at radius 1 is 0.889 bits per heavy atom. The van der Waals surface area contributed by atoms with Gasteiger partial charge in [-0.2, -0.15) is 0 Å². The molecule has 0 saturated heterocycles. The highest BCUT2D eigenvalue weighted by Gasteiger charge is 2.38. The van der Waals surface area contributed by atoms with E-state index in [-0.39, 0.29) is 23.5 Å². The van der Waals surface area contributed by atoms with Crippen LogP contribution in [0.3, 0.4) is 0 Å². The minimum atomic E-state index is -0.140. The van der Waals surface area contributed by atoms with Gasteiger partial charge in [0.25, 0.3) is 0 Å². The molecule has 4 rings (SSSR count). The van der Waals surface area contributed by atoms with E-state index in [4.69, 9.17) is 4.74 Å². The molecule has 1 aliphatic carbocycles. The van der Waals surface area contributed by atoms with Gasteiger partial charge in [0, 0.05) is 30.0 Å². The predicted octanol–water partition coefficient (Wildman–Crippen LogP) is 4.01. The molecule has 138 valence electrons. The van der Waals surface area contributed by atoms with E-state index in [1.807, 2.05) is 55.5 Å². The van der Waals surface area contributed by atoms with Gasteiger partial charge in [-0.25, -0.2) is 0 Å². The fraction of sp³-hybridized carbons (Fsp3) is 0.304. The Bertz CT molecular complexity index is 910. The van der Waals surface area contributed by atoms with Gasteiger partial charge in [0.1, 0.15) is 5.75 Å². The van der Waals surface area contributed by atoms with Gasteiger partial charge in [-0.15, -0.1) is 0 Å². The minimum absolute atomic E-state index is 0.0116. The lowest BCUT2D eigenvalue weighted by Crippen LogP contribution is -2.38. The van der Waals surface area contributed by atoms with Gasteiger partial charge in [0.15, 0.2) is 5.78 Å². The van der Waals surface area contributed by atoms with E-state index < -0.39 is 0 Å². The van der Waals surface area contributed by atoms with Gasteiger partial charge in [-0.05, 0) is 42.5 Å². The Kier molecular flexibility index (Phi) is 4.56. The molecule has 2 atom stereocenters. The molecule has 27 heavy (non-hydrogen) atoms. The van der Waals surface area contributed by atoms with Crippen LogP contribution < -0.4 is 10.1 Å². The van der Waals surface area contributed by atoms with Crippen LogP contribution in [-0.2, 0) is 9.59 Å². The third kappa shape index (κ3) is 3.39. The van der Waals surface area contributed by atoms with Gasteiger partial charge >= 0.3 is 0 Å². The fourth-order valence-electron chi connectivity index (χ4n) is 4.16. The molecule has 2 aromatic rings. The summed E-state index contributed by atoms with van der Waals surface area (Å²) in [6.07, 6.45) is 1.49. The largest absolute Gasteiger partial charge is 0.497 e. The smallest absolute Gasteiger partial charge is 0.225 e. The Labute approximate surface area is 159 Å². The van der Waals surface area contributed by atoms with Crippen LogP contribution >= 0.6 is 0 Å². The van der Waals surface area contributed by atoms with E-state index in [0.29, 0.717) is 19.3 Å². The first-order valence-corrected chi connectivity index (χ1v) is 9.31. The Morgan fingerprint density at radius 2 is 1.56 bits per heavy atom. The molecule has 4 heteroatoms. The van der Waals surface area contributed by atoms with Crippen molar-refractivity contribution in [3.8, 4) is 5.75 Å². The Balaban J connectivity index is 1.67. The van der Waals surface area contributed by atoms with E-state index >= 15 is 0 Å².